The SMILES string of the molecule is CCCCCCCCC(=O)Nc1cc(C(=O)OC)ccc1C(=O)OC. The van der Waals surface area contributed by atoms with Crippen LogP contribution >= 0.6 is 0 Å². The summed E-state index contributed by atoms with van der Waals surface area (Å²) in [6.45, 7) is 2.16. The van der Waals surface area contributed by atoms with E-state index in [4.69, 9.17) is 4.74 Å². The van der Waals surface area contributed by atoms with Gasteiger partial charge >= 0.3 is 11.9 Å². The Hall–Kier alpha value is -2.37. The molecule has 138 valence electrons. The summed E-state index contributed by atoms with van der Waals surface area (Å²) >= 11 is 0. The van der Waals surface area contributed by atoms with Crippen molar-refractivity contribution in [2.24, 2.45) is 0 Å². The molecule has 0 saturated heterocycles. The molecule has 0 aliphatic rings. The monoisotopic (exact) mass is 349 g/mol. The topological polar surface area (TPSA) is 81.7 Å². The first-order valence-electron chi connectivity index (χ1n) is 8.64. The highest BCUT2D eigenvalue weighted by atomic mass is 16.5. The molecule has 1 rings (SSSR count). The third-order valence-electron chi connectivity index (χ3n) is 3.88. The van der Waals surface area contributed by atoms with Crippen molar-refractivity contribution in [3.05, 3.63) is 29.3 Å². The first-order chi connectivity index (χ1) is 12.0. The van der Waals surface area contributed by atoms with Crippen LogP contribution in [-0.2, 0) is 14.3 Å². The molecular weight excluding hydrogens is 322 g/mol. The number of rotatable bonds is 10. The lowest BCUT2D eigenvalue weighted by Crippen LogP contribution is -2.16. The van der Waals surface area contributed by atoms with Crippen molar-refractivity contribution >= 4 is 23.5 Å². The highest BCUT2D eigenvalue weighted by Crippen LogP contribution is 2.20. The molecule has 1 amide bonds. The van der Waals surface area contributed by atoms with Gasteiger partial charge < -0.3 is 14.8 Å². The highest BCUT2D eigenvalue weighted by Gasteiger charge is 2.17. The Morgan fingerprint density at radius 2 is 1.56 bits per heavy atom. The van der Waals surface area contributed by atoms with Crippen LogP contribution in [0.2, 0.25) is 0 Å². The molecule has 6 nitrogen and oxygen atoms in total. The van der Waals surface area contributed by atoms with Crippen LogP contribution in [0.15, 0.2) is 18.2 Å². The number of amides is 1. The molecule has 1 aromatic carbocycles. The molecule has 0 atom stereocenters. The second-order valence-electron chi connectivity index (χ2n) is 5.81. The number of benzene rings is 1. The Morgan fingerprint density at radius 3 is 2.20 bits per heavy atom. The van der Waals surface area contributed by atoms with Crippen LogP contribution in [0.25, 0.3) is 0 Å². The van der Waals surface area contributed by atoms with Gasteiger partial charge in [-0.1, -0.05) is 39.0 Å². The molecule has 0 bridgehead atoms. The molecule has 0 fully saturated rings. The van der Waals surface area contributed by atoms with Gasteiger partial charge in [-0.15, -0.1) is 0 Å². The molecule has 0 saturated carbocycles. The second-order valence-corrected chi connectivity index (χ2v) is 5.81. The number of unbranched alkanes of at least 4 members (excludes halogenated alkanes) is 5. The summed E-state index contributed by atoms with van der Waals surface area (Å²) in [5.74, 6) is -1.31. The summed E-state index contributed by atoms with van der Waals surface area (Å²) in [6.07, 6.45) is 6.87. The fraction of sp³-hybridized carbons (Fsp3) is 0.526. The van der Waals surface area contributed by atoms with E-state index in [1.165, 1.54) is 51.7 Å². The Kier molecular flexibility index (Phi) is 9.29. The van der Waals surface area contributed by atoms with E-state index < -0.39 is 11.9 Å². The molecule has 0 aliphatic heterocycles. The van der Waals surface area contributed by atoms with Gasteiger partial charge in [-0.25, -0.2) is 9.59 Å². The minimum Gasteiger partial charge on any atom is -0.465 e. The van der Waals surface area contributed by atoms with Gasteiger partial charge in [0, 0.05) is 6.42 Å². The average Bonchev–Trinajstić information content (AvgIpc) is 2.63. The van der Waals surface area contributed by atoms with E-state index in [0.29, 0.717) is 6.42 Å². The van der Waals surface area contributed by atoms with Gasteiger partial charge in [0.2, 0.25) is 5.91 Å². The summed E-state index contributed by atoms with van der Waals surface area (Å²) < 4.78 is 9.38. The minimum atomic E-state index is -0.578. The van der Waals surface area contributed by atoms with Crippen molar-refractivity contribution < 1.29 is 23.9 Å². The van der Waals surface area contributed by atoms with Crippen molar-refractivity contribution in [1.29, 1.82) is 0 Å². The number of carbonyl (C=O) groups excluding carboxylic acids is 3. The van der Waals surface area contributed by atoms with Gasteiger partial charge in [-0.2, -0.15) is 0 Å². The lowest BCUT2D eigenvalue weighted by atomic mass is 10.1. The van der Waals surface area contributed by atoms with Gasteiger partial charge in [0.15, 0.2) is 0 Å². The normalized spacial score (nSPS) is 10.2. The van der Waals surface area contributed by atoms with Crippen molar-refractivity contribution in [3.8, 4) is 0 Å². The third-order valence-corrected chi connectivity index (χ3v) is 3.88. The number of nitrogens with one attached hydrogen (secondary N) is 1. The Morgan fingerprint density at radius 1 is 0.920 bits per heavy atom. The summed E-state index contributed by atoms with van der Waals surface area (Å²) in [5, 5.41) is 2.70. The Bertz CT molecular complexity index is 597. The zero-order valence-electron chi connectivity index (χ0n) is 15.2. The van der Waals surface area contributed by atoms with Crippen LogP contribution in [0.1, 0.15) is 72.6 Å². The molecule has 0 radical (unpaired) electrons. The number of hydrogen-bond acceptors (Lipinski definition) is 5. The van der Waals surface area contributed by atoms with Crippen molar-refractivity contribution in [3.63, 3.8) is 0 Å². The van der Waals surface area contributed by atoms with Gasteiger partial charge in [0.1, 0.15) is 0 Å². The lowest BCUT2D eigenvalue weighted by Gasteiger charge is -2.11. The van der Waals surface area contributed by atoms with Gasteiger partial charge in [0.05, 0.1) is 31.0 Å². The maximum absolute atomic E-state index is 12.1. The van der Waals surface area contributed by atoms with Crippen molar-refractivity contribution in [2.45, 2.75) is 51.9 Å². The van der Waals surface area contributed by atoms with Crippen LogP contribution in [0, 0.1) is 0 Å². The van der Waals surface area contributed by atoms with E-state index in [-0.39, 0.29) is 22.7 Å². The molecule has 0 aliphatic carbocycles. The lowest BCUT2D eigenvalue weighted by molar-refractivity contribution is -0.116. The van der Waals surface area contributed by atoms with E-state index in [2.05, 4.69) is 17.0 Å². The number of ether oxygens (including phenoxy) is 2. The summed E-state index contributed by atoms with van der Waals surface area (Å²) in [7, 11) is 2.53. The van der Waals surface area contributed by atoms with Crippen LogP contribution in [0.5, 0.6) is 0 Å². The largest absolute Gasteiger partial charge is 0.465 e. The predicted molar refractivity (Wildman–Crippen MR) is 95.7 cm³/mol. The number of carbonyl (C=O) groups is 3. The zero-order valence-corrected chi connectivity index (χ0v) is 15.2. The number of hydrogen-bond donors (Lipinski definition) is 1. The predicted octanol–water partition coefficient (Wildman–Crippen LogP) is 3.95. The fourth-order valence-corrected chi connectivity index (χ4v) is 2.46. The number of esters is 2. The molecule has 0 spiro atoms. The van der Waals surface area contributed by atoms with Gasteiger partial charge in [-0.3, -0.25) is 4.79 Å². The van der Waals surface area contributed by atoms with Crippen molar-refractivity contribution in [1.82, 2.24) is 0 Å². The molecular formula is C19H27NO5. The molecule has 6 heteroatoms. The third kappa shape index (κ3) is 6.95. The van der Waals surface area contributed by atoms with E-state index in [9.17, 15) is 14.4 Å². The van der Waals surface area contributed by atoms with Crippen LogP contribution < -0.4 is 5.32 Å². The molecule has 1 aromatic rings. The summed E-state index contributed by atoms with van der Waals surface area (Å²) in [4.78, 5) is 35.6. The average molecular weight is 349 g/mol. The quantitative estimate of drug-likeness (QED) is 0.511. The smallest absolute Gasteiger partial charge is 0.339 e. The number of methoxy groups -OCH3 is 2. The molecule has 0 unspecified atom stereocenters. The first kappa shape index (κ1) is 20.7. The van der Waals surface area contributed by atoms with Gasteiger partial charge in [0.25, 0.3) is 0 Å². The van der Waals surface area contributed by atoms with Gasteiger partial charge in [-0.05, 0) is 24.6 Å². The molecule has 1 N–H and O–H groups in total. The fourth-order valence-electron chi connectivity index (χ4n) is 2.46. The standard InChI is InChI=1S/C19H27NO5/c1-4-5-6-7-8-9-10-17(21)20-16-13-14(18(22)24-2)11-12-15(16)19(23)25-3/h11-13H,4-10H2,1-3H3,(H,20,21). The summed E-state index contributed by atoms with van der Waals surface area (Å²) in [6, 6.07) is 4.33. The van der Waals surface area contributed by atoms with Crippen molar-refractivity contribution in [2.75, 3.05) is 19.5 Å². The zero-order chi connectivity index (χ0) is 18.7. The second kappa shape index (κ2) is 11.2. The first-order valence-corrected chi connectivity index (χ1v) is 8.64. The van der Waals surface area contributed by atoms with E-state index >= 15 is 0 Å². The maximum atomic E-state index is 12.1. The van der Waals surface area contributed by atoms with E-state index in [0.717, 1.165) is 19.3 Å². The van der Waals surface area contributed by atoms with E-state index in [1.807, 2.05) is 0 Å². The molecule has 25 heavy (non-hydrogen) atoms. The highest BCUT2D eigenvalue weighted by molar-refractivity contribution is 6.03. The maximum Gasteiger partial charge on any atom is 0.339 e. The minimum absolute atomic E-state index is 0.192. The van der Waals surface area contributed by atoms with Crippen LogP contribution in [0.4, 0.5) is 5.69 Å². The molecule has 0 aromatic heterocycles. The van der Waals surface area contributed by atoms with Crippen LogP contribution in [0.3, 0.4) is 0 Å². The Labute approximate surface area is 148 Å². The number of anilines is 1. The Balaban J connectivity index is 2.71. The summed E-state index contributed by atoms with van der Waals surface area (Å²) in [5.41, 5.74) is 0.710. The van der Waals surface area contributed by atoms with E-state index in [1.54, 1.807) is 0 Å². The molecule has 0 heterocycles. The van der Waals surface area contributed by atoms with Crippen LogP contribution in [-0.4, -0.2) is 32.1 Å².